The zero-order valence-electron chi connectivity index (χ0n) is 15.8. The molecular weight excluding hydrogens is 389 g/mol. The second-order valence-electron chi connectivity index (χ2n) is 7.65. The molecular formula is C21H23F3O5. The average Bonchev–Trinajstić information content (AvgIpc) is 3.02. The number of carbonyl (C=O) groups is 2. The van der Waals surface area contributed by atoms with Crippen LogP contribution < -0.4 is 0 Å². The van der Waals surface area contributed by atoms with Crippen LogP contribution in [0.3, 0.4) is 0 Å². The van der Waals surface area contributed by atoms with Crippen LogP contribution in [0.15, 0.2) is 35.9 Å². The summed E-state index contributed by atoms with van der Waals surface area (Å²) >= 11 is 0. The number of alkyl halides is 3. The molecule has 1 aromatic rings. The van der Waals surface area contributed by atoms with Crippen LogP contribution in [0, 0.1) is 5.92 Å². The quantitative estimate of drug-likeness (QED) is 0.584. The molecule has 0 radical (unpaired) electrons. The minimum Gasteiger partial charge on any atom is -0.458 e. The molecule has 0 aromatic heterocycles. The molecule has 3 rings (SSSR count). The highest BCUT2D eigenvalue weighted by Gasteiger charge is 2.45. The van der Waals surface area contributed by atoms with E-state index in [4.69, 9.17) is 9.47 Å². The number of ether oxygens (including phenoxy) is 2. The van der Waals surface area contributed by atoms with Crippen LogP contribution in [0.2, 0.25) is 0 Å². The van der Waals surface area contributed by atoms with E-state index >= 15 is 0 Å². The standard InChI is InChI=1S/C21H23F3O5/c22-21(23,24)17-8-6-15(7-9-17)18(26)28-13-20(12-25)11-16(19(27)29-20)10-14-4-2-1-3-5-14/h6-10,14,25H,1-5,11-13H2/b16-10+. The molecule has 1 unspecified atom stereocenters. The van der Waals surface area contributed by atoms with Crippen molar-refractivity contribution < 1.29 is 37.3 Å². The number of rotatable bonds is 5. The minimum absolute atomic E-state index is 0.0617. The molecule has 1 saturated carbocycles. The molecule has 5 nitrogen and oxygen atoms in total. The summed E-state index contributed by atoms with van der Waals surface area (Å²) in [5, 5.41) is 9.75. The number of carbonyl (C=O) groups excluding carboxylic acids is 2. The fraction of sp³-hybridized carbons (Fsp3) is 0.524. The third-order valence-electron chi connectivity index (χ3n) is 5.37. The lowest BCUT2D eigenvalue weighted by atomic mass is 9.86. The van der Waals surface area contributed by atoms with E-state index in [0.29, 0.717) is 11.5 Å². The SMILES string of the molecule is O=C1OC(CO)(COC(=O)c2ccc(C(F)(F)F)cc2)C/C1=C\C1CCCCC1. The molecule has 1 aliphatic heterocycles. The molecule has 8 heteroatoms. The van der Waals surface area contributed by atoms with Gasteiger partial charge in [0.2, 0.25) is 0 Å². The molecule has 2 fully saturated rings. The number of halogens is 3. The first-order chi connectivity index (χ1) is 13.7. The summed E-state index contributed by atoms with van der Waals surface area (Å²) in [7, 11) is 0. The Morgan fingerprint density at radius 1 is 1.21 bits per heavy atom. The van der Waals surface area contributed by atoms with Crippen molar-refractivity contribution in [2.45, 2.75) is 50.3 Å². The summed E-state index contributed by atoms with van der Waals surface area (Å²) in [6.45, 7) is -0.905. The van der Waals surface area contributed by atoms with E-state index in [1.807, 2.05) is 6.08 Å². The van der Waals surface area contributed by atoms with E-state index in [-0.39, 0.29) is 18.6 Å². The molecule has 1 saturated heterocycles. The lowest BCUT2D eigenvalue weighted by Crippen LogP contribution is -2.39. The van der Waals surface area contributed by atoms with Gasteiger partial charge >= 0.3 is 18.1 Å². The molecule has 1 atom stereocenters. The third kappa shape index (κ3) is 5.18. The van der Waals surface area contributed by atoms with Crippen LogP contribution in [-0.4, -0.2) is 35.9 Å². The summed E-state index contributed by atoms with van der Waals surface area (Å²) < 4.78 is 48.3. The van der Waals surface area contributed by atoms with Crippen molar-refractivity contribution in [1.82, 2.24) is 0 Å². The Labute approximate surface area is 166 Å². The van der Waals surface area contributed by atoms with Gasteiger partial charge in [-0.3, -0.25) is 0 Å². The maximum absolute atomic E-state index is 12.6. The Morgan fingerprint density at radius 3 is 2.45 bits per heavy atom. The Hall–Kier alpha value is -2.35. The van der Waals surface area contributed by atoms with Gasteiger partial charge in [-0.15, -0.1) is 0 Å². The molecule has 0 bridgehead atoms. The smallest absolute Gasteiger partial charge is 0.416 e. The molecule has 1 N–H and O–H groups in total. The van der Waals surface area contributed by atoms with Gasteiger partial charge in [0.15, 0.2) is 5.60 Å². The second kappa shape index (κ2) is 8.57. The molecule has 1 heterocycles. The maximum atomic E-state index is 12.6. The number of benzene rings is 1. The van der Waals surface area contributed by atoms with Crippen molar-refractivity contribution in [3.05, 3.63) is 47.0 Å². The van der Waals surface area contributed by atoms with Crippen molar-refractivity contribution in [2.24, 2.45) is 5.92 Å². The van der Waals surface area contributed by atoms with Crippen LogP contribution in [0.4, 0.5) is 13.2 Å². The van der Waals surface area contributed by atoms with E-state index in [2.05, 4.69) is 0 Å². The molecule has 1 aromatic carbocycles. The van der Waals surface area contributed by atoms with Gasteiger partial charge in [-0.2, -0.15) is 13.2 Å². The minimum atomic E-state index is -4.50. The highest BCUT2D eigenvalue weighted by Crippen LogP contribution is 2.35. The van der Waals surface area contributed by atoms with Crippen LogP contribution >= 0.6 is 0 Å². The predicted molar refractivity (Wildman–Crippen MR) is 96.9 cm³/mol. The van der Waals surface area contributed by atoms with Crippen molar-refractivity contribution in [3.8, 4) is 0 Å². The van der Waals surface area contributed by atoms with E-state index in [1.165, 1.54) is 6.42 Å². The number of cyclic esters (lactones) is 1. The van der Waals surface area contributed by atoms with Gasteiger partial charge in [0.05, 0.1) is 17.7 Å². The lowest BCUT2D eigenvalue weighted by molar-refractivity contribution is -0.154. The lowest BCUT2D eigenvalue weighted by Gasteiger charge is -2.24. The van der Waals surface area contributed by atoms with Gasteiger partial charge in [-0.25, -0.2) is 9.59 Å². The van der Waals surface area contributed by atoms with E-state index in [0.717, 1.165) is 49.9 Å². The average molecular weight is 412 g/mol. The predicted octanol–water partition coefficient (Wildman–Crippen LogP) is 4.05. The number of hydrogen-bond acceptors (Lipinski definition) is 5. The van der Waals surface area contributed by atoms with Crippen LogP contribution in [0.25, 0.3) is 0 Å². The summed E-state index contributed by atoms with van der Waals surface area (Å²) in [5.74, 6) is -1.09. The van der Waals surface area contributed by atoms with Crippen LogP contribution in [0.1, 0.15) is 54.4 Å². The maximum Gasteiger partial charge on any atom is 0.416 e. The van der Waals surface area contributed by atoms with Gasteiger partial charge < -0.3 is 14.6 Å². The summed E-state index contributed by atoms with van der Waals surface area (Å²) in [5.41, 5.74) is -1.83. The van der Waals surface area contributed by atoms with E-state index in [9.17, 15) is 27.9 Å². The molecule has 0 amide bonds. The number of allylic oxidation sites excluding steroid dienone is 1. The number of esters is 2. The first-order valence-electron chi connectivity index (χ1n) is 9.62. The Kier molecular flexibility index (Phi) is 6.31. The molecule has 29 heavy (non-hydrogen) atoms. The normalized spacial score (nSPS) is 24.6. The largest absolute Gasteiger partial charge is 0.458 e. The third-order valence-corrected chi connectivity index (χ3v) is 5.37. The van der Waals surface area contributed by atoms with Gasteiger partial charge in [0.1, 0.15) is 6.61 Å². The number of aliphatic hydroxyl groups is 1. The number of aliphatic hydroxyl groups excluding tert-OH is 1. The monoisotopic (exact) mass is 412 g/mol. The zero-order valence-corrected chi connectivity index (χ0v) is 15.8. The topological polar surface area (TPSA) is 72.8 Å². The van der Waals surface area contributed by atoms with E-state index in [1.54, 1.807) is 0 Å². The number of hydrogen-bond donors (Lipinski definition) is 1. The van der Waals surface area contributed by atoms with Gasteiger partial charge in [-0.05, 0) is 43.0 Å². The van der Waals surface area contributed by atoms with E-state index < -0.39 is 35.9 Å². The fourth-order valence-corrected chi connectivity index (χ4v) is 3.72. The zero-order chi connectivity index (χ0) is 21.1. The summed E-state index contributed by atoms with van der Waals surface area (Å²) in [4.78, 5) is 24.4. The summed E-state index contributed by atoms with van der Waals surface area (Å²) in [6, 6.07) is 3.62. The van der Waals surface area contributed by atoms with Gasteiger partial charge in [-0.1, -0.05) is 25.3 Å². The van der Waals surface area contributed by atoms with Crippen molar-refractivity contribution >= 4 is 11.9 Å². The Morgan fingerprint density at radius 2 is 1.86 bits per heavy atom. The molecule has 1 aliphatic carbocycles. The first-order valence-corrected chi connectivity index (χ1v) is 9.62. The van der Waals surface area contributed by atoms with Crippen LogP contribution in [-0.2, 0) is 20.4 Å². The highest BCUT2D eigenvalue weighted by atomic mass is 19.4. The molecule has 0 spiro atoms. The van der Waals surface area contributed by atoms with Crippen molar-refractivity contribution in [3.63, 3.8) is 0 Å². The Balaban J connectivity index is 1.63. The summed E-state index contributed by atoms with van der Waals surface area (Å²) in [6.07, 6.45) is 2.94. The molecule has 158 valence electrons. The highest BCUT2D eigenvalue weighted by molar-refractivity contribution is 5.92. The first kappa shape index (κ1) is 21.4. The fourth-order valence-electron chi connectivity index (χ4n) is 3.72. The van der Waals surface area contributed by atoms with Crippen LogP contribution in [0.5, 0.6) is 0 Å². The van der Waals surface area contributed by atoms with Crippen molar-refractivity contribution in [2.75, 3.05) is 13.2 Å². The van der Waals surface area contributed by atoms with Gasteiger partial charge in [0.25, 0.3) is 0 Å². The second-order valence-corrected chi connectivity index (χ2v) is 7.65. The molecule has 2 aliphatic rings. The Bertz CT molecular complexity index is 779. The van der Waals surface area contributed by atoms with Gasteiger partial charge in [0, 0.05) is 12.0 Å². The van der Waals surface area contributed by atoms with Crippen molar-refractivity contribution in [1.29, 1.82) is 0 Å².